The molecule has 0 saturated heterocycles. The van der Waals surface area contributed by atoms with Gasteiger partial charge in [-0.15, -0.1) is 10.2 Å². The summed E-state index contributed by atoms with van der Waals surface area (Å²) in [5, 5.41) is 13.7. The summed E-state index contributed by atoms with van der Waals surface area (Å²) in [4.78, 5) is 24.8. The highest BCUT2D eigenvalue weighted by Crippen LogP contribution is 2.25. The Kier molecular flexibility index (Phi) is 6.89. The van der Waals surface area contributed by atoms with Gasteiger partial charge in [-0.2, -0.15) is 0 Å². The highest BCUT2D eigenvalue weighted by molar-refractivity contribution is 8.01. The molecular formula is C16H19FN4O2S2. The number of amides is 2. The van der Waals surface area contributed by atoms with E-state index in [0.717, 1.165) is 10.1 Å². The molecular weight excluding hydrogens is 363 g/mol. The van der Waals surface area contributed by atoms with Gasteiger partial charge in [0.05, 0.1) is 0 Å². The number of halogens is 1. The summed E-state index contributed by atoms with van der Waals surface area (Å²) in [6.45, 7) is 5.66. The first-order chi connectivity index (χ1) is 11.9. The normalized spacial score (nSPS) is 12.0. The van der Waals surface area contributed by atoms with E-state index in [9.17, 15) is 14.0 Å². The zero-order chi connectivity index (χ0) is 18.4. The quantitative estimate of drug-likeness (QED) is 0.568. The maximum Gasteiger partial charge on any atom is 0.251 e. The van der Waals surface area contributed by atoms with Gasteiger partial charge in [0.1, 0.15) is 11.9 Å². The Morgan fingerprint density at radius 1 is 1.24 bits per heavy atom. The first-order valence-electron chi connectivity index (χ1n) is 7.74. The van der Waals surface area contributed by atoms with E-state index in [4.69, 9.17) is 0 Å². The van der Waals surface area contributed by atoms with Crippen LogP contribution in [-0.4, -0.2) is 33.8 Å². The summed E-state index contributed by atoms with van der Waals surface area (Å²) in [6.07, 6.45) is 0. The number of carbonyl (C=O) groups excluding carboxylic acids is 2. The minimum atomic E-state index is -0.747. The van der Waals surface area contributed by atoms with Crippen molar-refractivity contribution in [1.82, 2.24) is 15.5 Å². The van der Waals surface area contributed by atoms with Crippen LogP contribution in [0.25, 0.3) is 0 Å². The van der Waals surface area contributed by atoms with Crippen LogP contribution in [0.3, 0.4) is 0 Å². The molecule has 0 spiro atoms. The number of hydrogen-bond acceptors (Lipinski definition) is 6. The third-order valence-corrected chi connectivity index (χ3v) is 5.10. The Balaban J connectivity index is 2.04. The van der Waals surface area contributed by atoms with Gasteiger partial charge >= 0.3 is 0 Å². The molecule has 0 aliphatic carbocycles. The van der Waals surface area contributed by atoms with Gasteiger partial charge < -0.3 is 5.32 Å². The van der Waals surface area contributed by atoms with Crippen molar-refractivity contribution < 1.29 is 14.0 Å². The lowest BCUT2D eigenvalue weighted by molar-refractivity contribution is -0.118. The summed E-state index contributed by atoms with van der Waals surface area (Å²) in [5.41, 5.74) is 0.289. The fourth-order valence-corrected chi connectivity index (χ4v) is 3.64. The summed E-state index contributed by atoms with van der Waals surface area (Å²) in [5.74, 6) is -0.498. The van der Waals surface area contributed by atoms with E-state index in [1.165, 1.54) is 35.6 Å². The lowest BCUT2D eigenvalue weighted by atomic mass is 10.0. The molecule has 6 nitrogen and oxygen atoms in total. The molecule has 0 saturated carbocycles. The smallest absolute Gasteiger partial charge is 0.251 e. The topological polar surface area (TPSA) is 84.0 Å². The third kappa shape index (κ3) is 5.50. The number of benzene rings is 1. The molecule has 1 aromatic heterocycles. The Bertz CT molecular complexity index is 734. The van der Waals surface area contributed by atoms with Gasteiger partial charge in [-0.1, -0.05) is 43.9 Å². The van der Waals surface area contributed by atoms with Crippen molar-refractivity contribution >= 4 is 40.0 Å². The predicted molar refractivity (Wildman–Crippen MR) is 97.4 cm³/mol. The fourth-order valence-electron chi connectivity index (χ4n) is 1.99. The highest BCUT2D eigenvalue weighted by Gasteiger charge is 2.25. The Hall–Kier alpha value is -2.00. The minimum absolute atomic E-state index is 0.137. The molecule has 2 amide bonds. The maximum atomic E-state index is 13.0. The van der Waals surface area contributed by atoms with Crippen LogP contribution in [0.5, 0.6) is 0 Å². The second-order valence-corrected chi connectivity index (χ2v) is 7.99. The van der Waals surface area contributed by atoms with E-state index < -0.39 is 17.8 Å². The number of aromatic nitrogens is 2. The summed E-state index contributed by atoms with van der Waals surface area (Å²) < 4.78 is 13.7. The van der Waals surface area contributed by atoms with Crippen molar-refractivity contribution in [3.63, 3.8) is 0 Å². The van der Waals surface area contributed by atoms with Crippen molar-refractivity contribution in [2.45, 2.75) is 31.2 Å². The van der Waals surface area contributed by atoms with Crippen LogP contribution in [-0.2, 0) is 4.79 Å². The molecule has 134 valence electrons. The first-order valence-corrected chi connectivity index (χ1v) is 9.54. The molecule has 0 radical (unpaired) electrons. The van der Waals surface area contributed by atoms with Gasteiger partial charge in [0.2, 0.25) is 11.0 Å². The zero-order valence-electron chi connectivity index (χ0n) is 14.1. The van der Waals surface area contributed by atoms with E-state index in [2.05, 4.69) is 20.8 Å². The number of nitrogens with one attached hydrogen (secondary N) is 2. The van der Waals surface area contributed by atoms with Crippen LogP contribution in [0.15, 0.2) is 28.6 Å². The third-order valence-electron chi connectivity index (χ3n) is 3.25. The van der Waals surface area contributed by atoms with Gasteiger partial charge in [0, 0.05) is 5.56 Å². The van der Waals surface area contributed by atoms with E-state index in [1.54, 1.807) is 11.8 Å². The number of hydrogen-bond donors (Lipinski definition) is 2. The van der Waals surface area contributed by atoms with E-state index in [1.807, 2.05) is 20.8 Å². The molecule has 2 rings (SSSR count). The van der Waals surface area contributed by atoms with E-state index in [-0.39, 0.29) is 17.4 Å². The largest absolute Gasteiger partial charge is 0.340 e. The molecule has 25 heavy (non-hydrogen) atoms. The second-order valence-electron chi connectivity index (χ2n) is 5.50. The molecule has 0 unspecified atom stereocenters. The van der Waals surface area contributed by atoms with E-state index in [0.29, 0.717) is 5.13 Å². The number of rotatable bonds is 7. The second kappa shape index (κ2) is 8.91. The Labute approximate surface area is 153 Å². The maximum absolute atomic E-state index is 13.0. The SMILES string of the molecule is CCSc1nnc(NC(=O)[C@@H](NC(=O)c2ccc(F)cc2)C(C)C)s1. The summed E-state index contributed by atoms with van der Waals surface area (Å²) in [7, 11) is 0. The zero-order valence-corrected chi connectivity index (χ0v) is 15.7. The minimum Gasteiger partial charge on any atom is -0.340 e. The lowest BCUT2D eigenvalue weighted by Gasteiger charge is -2.21. The molecule has 0 aliphatic rings. The van der Waals surface area contributed by atoms with Crippen LogP contribution in [0.4, 0.5) is 9.52 Å². The van der Waals surface area contributed by atoms with Crippen LogP contribution in [0.2, 0.25) is 0 Å². The fraction of sp³-hybridized carbons (Fsp3) is 0.375. The molecule has 0 fully saturated rings. The van der Waals surface area contributed by atoms with Gasteiger partial charge in [-0.05, 0) is 35.9 Å². The number of thioether (sulfide) groups is 1. The van der Waals surface area contributed by atoms with Gasteiger partial charge in [-0.3, -0.25) is 14.9 Å². The van der Waals surface area contributed by atoms with Crippen molar-refractivity contribution in [3.8, 4) is 0 Å². The van der Waals surface area contributed by atoms with Crippen molar-refractivity contribution in [3.05, 3.63) is 35.6 Å². The van der Waals surface area contributed by atoms with Crippen molar-refractivity contribution in [2.24, 2.45) is 5.92 Å². The molecule has 1 atom stereocenters. The summed E-state index contributed by atoms with van der Waals surface area (Å²) >= 11 is 2.83. The van der Waals surface area contributed by atoms with Gasteiger partial charge in [0.25, 0.3) is 5.91 Å². The summed E-state index contributed by atoms with van der Waals surface area (Å²) in [6, 6.07) is 4.41. The van der Waals surface area contributed by atoms with Crippen molar-refractivity contribution in [2.75, 3.05) is 11.1 Å². The molecule has 1 aromatic carbocycles. The van der Waals surface area contributed by atoms with Crippen LogP contribution >= 0.6 is 23.1 Å². The average molecular weight is 382 g/mol. The molecule has 2 aromatic rings. The lowest BCUT2D eigenvalue weighted by Crippen LogP contribution is -2.47. The predicted octanol–water partition coefficient (Wildman–Crippen LogP) is 3.18. The van der Waals surface area contributed by atoms with Crippen molar-refractivity contribution in [1.29, 1.82) is 0 Å². The molecule has 1 heterocycles. The van der Waals surface area contributed by atoms with E-state index >= 15 is 0 Å². The number of anilines is 1. The number of nitrogens with zero attached hydrogens (tertiary/aromatic N) is 2. The van der Waals surface area contributed by atoms with Crippen LogP contribution in [0, 0.1) is 11.7 Å². The first kappa shape index (κ1) is 19.3. The highest BCUT2D eigenvalue weighted by atomic mass is 32.2. The van der Waals surface area contributed by atoms with Gasteiger partial charge in [-0.25, -0.2) is 4.39 Å². The standard InChI is InChI=1S/C16H19FN4O2S2/c1-4-24-16-21-20-15(25-16)19-14(23)12(9(2)3)18-13(22)10-5-7-11(17)8-6-10/h5-9,12H,4H2,1-3H3,(H,18,22)(H,19,20,23)/t12-/m0/s1. The number of carbonyl (C=O) groups is 2. The monoisotopic (exact) mass is 382 g/mol. The van der Waals surface area contributed by atoms with Crippen LogP contribution < -0.4 is 10.6 Å². The molecule has 0 bridgehead atoms. The molecule has 9 heteroatoms. The Morgan fingerprint density at radius 2 is 1.92 bits per heavy atom. The van der Waals surface area contributed by atoms with Gasteiger partial charge in [0.15, 0.2) is 4.34 Å². The molecule has 2 N–H and O–H groups in total. The average Bonchev–Trinajstić information content (AvgIpc) is 3.00. The van der Waals surface area contributed by atoms with Crippen LogP contribution in [0.1, 0.15) is 31.1 Å². The Morgan fingerprint density at radius 3 is 2.52 bits per heavy atom. The molecule has 0 aliphatic heterocycles.